The number of pyridine rings is 1. The van der Waals surface area contributed by atoms with Gasteiger partial charge in [0.2, 0.25) is 0 Å². The van der Waals surface area contributed by atoms with Crippen LogP contribution in [0.2, 0.25) is 0 Å². The minimum Gasteiger partial charge on any atom is -0.353 e. The van der Waals surface area contributed by atoms with E-state index in [1.807, 2.05) is 6.20 Å². The van der Waals surface area contributed by atoms with Crippen LogP contribution in [0.25, 0.3) is 0 Å². The summed E-state index contributed by atoms with van der Waals surface area (Å²) in [6.45, 7) is 7.81. The van der Waals surface area contributed by atoms with Crippen molar-refractivity contribution in [2.75, 3.05) is 11.4 Å². The Morgan fingerprint density at radius 3 is 2.76 bits per heavy atom. The standard InChI is InChI=1S/C14H21BrN2/c1-10(2)7-9-17(12-4-5-12)14-13(15)11(3)6-8-16-14/h6,8,10,12H,4-5,7,9H2,1-3H3. The molecule has 1 aromatic rings. The Hall–Kier alpha value is -0.570. The van der Waals surface area contributed by atoms with Gasteiger partial charge < -0.3 is 4.90 Å². The third-order valence-electron chi connectivity index (χ3n) is 3.27. The number of nitrogens with zero attached hydrogens (tertiary/aromatic N) is 2. The molecule has 0 unspecified atom stereocenters. The molecule has 17 heavy (non-hydrogen) atoms. The second kappa shape index (κ2) is 5.38. The third kappa shape index (κ3) is 3.21. The van der Waals surface area contributed by atoms with Gasteiger partial charge in [-0.1, -0.05) is 13.8 Å². The zero-order valence-electron chi connectivity index (χ0n) is 10.9. The van der Waals surface area contributed by atoms with Gasteiger partial charge in [0.05, 0.1) is 4.47 Å². The highest BCUT2D eigenvalue weighted by Crippen LogP contribution is 2.35. The molecule has 0 atom stereocenters. The maximum Gasteiger partial charge on any atom is 0.143 e. The van der Waals surface area contributed by atoms with Crippen molar-refractivity contribution in [1.29, 1.82) is 0 Å². The van der Waals surface area contributed by atoms with Gasteiger partial charge in [0.1, 0.15) is 5.82 Å². The molecule has 0 spiro atoms. The summed E-state index contributed by atoms with van der Waals surface area (Å²) < 4.78 is 1.16. The van der Waals surface area contributed by atoms with Crippen molar-refractivity contribution in [3.63, 3.8) is 0 Å². The van der Waals surface area contributed by atoms with E-state index in [0.717, 1.165) is 28.8 Å². The Morgan fingerprint density at radius 1 is 1.47 bits per heavy atom. The molecular formula is C14H21BrN2. The first kappa shape index (κ1) is 12.9. The van der Waals surface area contributed by atoms with Gasteiger partial charge in [0, 0.05) is 18.8 Å². The lowest BCUT2D eigenvalue weighted by Gasteiger charge is -2.26. The second-order valence-electron chi connectivity index (χ2n) is 5.37. The molecular weight excluding hydrogens is 276 g/mol. The van der Waals surface area contributed by atoms with E-state index in [0.29, 0.717) is 0 Å². The van der Waals surface area contributed by atoms with Gasteiger partial charge >= 0.3 is 0 Å². The van der Waals surface area contributed by atoms with Crippen molar-refractivity contribution in [2.24, 2.45) is 5.92 Å². The molecule has 0 aliphatic heterocycles. The predicted molar refractivity (Wildman–Crippen MR) is 76.5 cm³/mol. The van der Waals surface area contributed by atoms with Crippen LogP contribution < -0.4 is 4.90 Å². The number of halogens is 1. The van der Waals surface area contributed by atoms with Crippen molar-refractivity contribution >= 4 is 21.7 Å². The molecule has 1 aliphatic carbocycles. The first-order valence-electron chi connectivity index (χ1n) is 6.47. The second-order valence-corrected chi connectivity index (χ2v) is 6.17. The Labute approximate surface area is 113 Å². The Morgan fingerprint density at radius 2 is 2.18 bits per heavy atom. The van der Waals surface area contributed by atoms with Crippen molar-refractivity contribution in [3.05, 3.63) is 22.3 Å². The normalized spacial score (nSPS) is 15.4. The van der Waals surface area contributed by atoms with E-state index in [4.69, 9.17) is 0 Å². The van der Waals surface area contributed by atoms with Crippen LogP contribution >= 0.6 is 15.9 Å². The van der Waals surface area contributed by atoms with Crippen LogP contribution in [0.4, 0.5) is 5.82 Å². The van der Waals surface area contributed by atoms with E-state index >= 15 is 0 Å². The molecule has 1 saturated carbocycles. The van der Waals surface area contributed by atoms with E-state index < -0.39 is 0 Å². The lowest BCUT2D eigenvalue weighted by atomic mass is 10.1. The van der Waals surface area contributed by atoms with Crippen molar-refractivity contribution in [1.82, 2.24) is 4.98 Å². The highest BCUT2D eigenvalue weighted by molar-refractivity contribution is 9.10. The number of aryl methyl sites for hydroxylation is 1. The molecule has 1 fully saturated rings. The first-order valence-corrected chi connectivity index (χ1v) is 7.26. The summed E-state index contributed by atoms with van der Waals surface area (Å²) >= 11 is 3.68. The Bertz CT molecular complexity index is 386. The highest BCUT2D eigenvalue weighted by atomic mass is 79.9. The minimum absolute atomic E-state index is 0.722. The van der Waals surface area contributed by atoms with Crippen molar-refractivity contribution < 1.29 is 0 Å². The van der Waals surface area contributed by atoms with Crippen LogP contribution in [-0.4, -0.2) is 17.6 Å². The van der Waals surface area contributed by atoms with E-state index in [2.05, 4.69) is 52.7 Å². The predicted octanol–water partition coefficient (Wildman–Crippen LogP) is 4.17. The molecule has 1 heterocycles. The van der Waals surface area contributed by atoms with Gasteiger partial charge in [-0.3, -0.25) is 0 Å². The van der Waals surface area contributed by atoms with Gasteiger partial charge in [-0.05, 0) is 59.7 Å². The van der Waals surface area contributed by atoms with Crippen molar-refractivity contribution in [2.45, 2.75) is 46.1 Å². The van der Waals surface area contributed by atoms with E-state index in [9.17, 15) is 0 Å². The number of hydrogen-bond acceptors (Lipinski definition) is 2. The number of hydrogen-bond donors (Lipinski definition) is 0. The minimum atomic E-state index is 0.722. The van der Waals surface area contributed by atoms with E-state index in [1.54, 1.807) is 0 Å². The van der Waals surface area contributed by atoms with Crippen molar-refractivity contribution in [3.8, 4) is 0 Å². The van der Waals surface area contributed by atoms with Gasteiger partial charge in [-0.15, -0.1) is 0 Å². The lowest BCUT2D eigenvalue weighted by molar-refractivity contribution is 0.568. The van der Waals surface area contributed by atoms with Crippen LogP contribution in [-0.2, 0) is 0 Å². The molecule has 0 amide bonds. The summed E-state index contributed by atoms with van der Waals surface area (Å²) in [6, 6.07) is 2.78. The van der Waals surface area contributed by atoms with Gasteiger partial charge in [0.25, 0.3) is 0 Å². The number of aromatic nitrogens is 1. The third-order valence-corrected chi connectivity index (χ3v) is 4.25. The van der Waals surface area contributed by atoms with Crippen LogP contribution in [0, 0.1) is 12.8 Å². The quantitative estimate of drug-likeness (QED) is 0.811. The SMILES string of the molecule is Cc1ccnc(N(CCC(C)C)C2CC2)c1Br. The first-order chi connectivity index (χ1) is 8.09. The maximum absolute atomic E-state index is 4.56. The molecule has 0 radical (unpaired) electrons. The fourth-order valence-electron chi connectivity index (χ4n) is 1.97. The summed E-state index contributed by atoms with van der Waals surface area (Å²) in [7, 11) is 0. The molecule has 0 bridgehead atoms. The highest BCUT2D eigenvalue weighted by Gasteiger charge is 2.31. The van der Waals surface area contributed by atoms with Crippen LogP contribution in [0.3, 0.4) is 0 Å². The largest absolute Gasteiger partial charge is 0.353 e. The van der Waals surface area contributed by atoms with Gasteiger partial charge in [-0.25, -0.2) is 4.98 Å². The molecule has 2 rings (SSSR count). The van der Waals surface area contributed by atoms with E-state index in [1.165, 1.54) is 24.8 Å². The Kier molecular flexibility index (Phi) is 4.08. The fourth-order valence-corrected chi connectivity index (χ4v) is 2.43. The average Bonchev–Trinajstić information content (AvgIpc) is 3.08. The van der Waals surface area contributed by atoms with E-state index in [-0.39, 0.29) is 0 Å². The Balaban J connectivity index is 2.17. The zero-order valence-corrected chi connectivity index (χ0v) is 12.5. The molecule has 0 saturated heterocycles. The summed E-state index contributed by atoms with van der Waals surface area (Å²) in [5.74, 6) is 1.88. The van der Waals surface area contributed by atoms with Crippen LogP contribution in [0.1, 0.15) is 38.7 Å². The molecule has 94 valence electrons. The number of anilines is 1. The summed E-state index contributed by atoms with van der Waals surface area (Å²) in [5, 5.41) is 0. The topological polar surface area (TPSA) is 16.1 Å². The van der Waals surface area contributed by atoms with Crippen LogP contribution in [0.15, 0.2) is 16.7 Å². The molecule has 2 nitrogen and oxygen atoms in total. The number of rotatable bonds is 5. The smallest absolute Gasteiger partial charge is 0.143 e. The maximum atomic E-state index is 4.56. The molecule has 3 heteroatoms. The molecule has 1 aromatic heterocycles. The molecule has 0 aromatic carbocycles. The van der Waals surface area contributed by atoms with Gasteiger partial charge in [0.15, 0.2) is 0 Å². The summed E-state index contributed by atoms with van der Waals surface area (Å²) in [4.78, 5) is 7.04. The zero-order chi connectivity index (χ0) is 12.4. The summed E-state index contributed by atoms with van der Waals surface area (Å²) in [5.41, 5.74) is 1.27. The van der Waals surface area contributed by atoms with Gasteiger partial charge in [-0.2, -0.15) is 0 Å². The fraction of sp³-hybridized carbons (Fsp3) is 0.643. The molecule has 1 aliphatic rings. The lowest BCUT2D eigenvalue weighted by Crippen LogP contribution is -2.29. The average molecular weight is 297 g/mol. The van der Waals surface area contributed by atoms with Crippen LogP contribution in [0.5, 0.6) is 0 Å². The summed E-state index contributed by atoms with van der Waals surface area (Å²) in [6.07, 6.45) is 5.79. The molecule has 0 N–H and O–H groups in total. The monoisotopic (exact) mass is 296 g/mol.